The predicted molar refractivity (Wildman–Crippen MR) is 78.7 cm³/mol. The van der Waals surface area contributed by atoms with E-state index in [1.165, 1.54) is 19.3 Å². The lowest BCUT2D eigenvalue weighted by Crippen LogP contribution is -2.25. The van der Waals surface area contributed by atoms with E-state index < -0.39 is 0 Å². The predicted octanol–water partition coefficient (Wildman–Crippen LogP) is 3.69. The van der Waals surface area contributed by atoms with E-state index in [2.05, 4.69) is 23.7 Å². The van der Waals surface area contributed by atoms with Gasteiger partial charge in [0, 0.05) is 19.5 Å². The number of carbonyl (C=O) groups is 1. The fourth-order valence-electron chi connectivity index (χ4n) is 2.60. The van der Waals surface area contributed by atoms with Crippen LogP contribution in [0, 0.1) is 5.41 Å². The normalized spacial score (nSPS) is 19.0. The van der Waals surface area contributed by atoms with Crippen molar-refractivity contribution in [1.29, 1.82) is 0 Å². The molecule has 0 N–H and O–H groups in total. The topological polar surface area (TPSA) is 33.2 Å². The average molecular weight is 260 g/mol. The summed E-state index contributed by atoms with van der Waals surface area (Å²) in [6.45, 7) is 8.73. The summed E-state index contributed by atoms with van der Waals surface area (Å²) < 4.78 is 0. The molecule has 0 aromatic carbocycles. The molecule has 1 aromatic heterocycles. The first kappa shape index (κ1) is 14.0. The molecule has 0 atom stereocenters. The zero-order valence-corrected chi connectivity index (χ0v) is 12.3. The van der Waals surface area contributed by atoms with Gasteiger partial charge in [-0.15, -0.1) is 0 Å². The Morgan fingerprint density at radius 1 is 1.32 bits per heavy atom. The summed E-state index contributed by atoms with van der Waals surface area (Å²) >= 11 is 0. The molecule has 0 amide bonds. The standard InChI is InChI=1S/C16H24N2O/c1-4-15(19)14-7-6-13(12-17-14)18-10-5-8-16(2,3)9-11-18/h6-7,12H,4-5,8-11H2,1-3H3. The zero-order chi connectivity index (χ0) is 13.9. The molecule has 104 valence electrons. The molecule has 1 aliphatic rings. The van der Waals surface area contributed by atoms with Gasteiger partial charge in [-0.25, -0.2) is 0 Å². The molecule has 1 aromatic rings. The number of carbonyl (C=O) groups excluding carboxylic acids is 1. The molecule has 3 nitrogen and oxygen atoms in total. The van der Waals surface area contributed by atoms with Gasteiger partial charge in [0.25, 0.3) is 0 Å². The molecule has 0 aliphatic carbocycles. The minimum Gasteiger partial charge on any atom is -0.370 e. The smallest absolute Gasteiger partial charge is 0.180 e. The molecule has 2 rings (SSSR count). The summed E-state index contributed by atoms with van der Waals surface area (Å²) in [5.74, 6) is 0.114. The van der Waals surface area contributed by atoms with Crippen LogP contribution in [0.2, 0.25) is 0 Å². The van der Waals surface area contributed by atoms with Gasteiger partial charge in [0.2, 0.25) is 0 Å². The van der Waals surface area contributed by atoms with Crippen LogP contribution in [0.1, 0.15) is 56.9 Å². The van der Waals surface area contributed by atoms with Crippen molar-refractivity contribution in [2.75, 3.05) is 18.0 Å². The molecule has 0 spiro atoms. The third-order valence-electron chi connectivity index (χ3n) is 4.06. The monoisotopic (exact) mass is 260 g/mol. The van der Waals surface area contributed by atoms with Gasteiger partial charge < -0.3 is 4.90 Å². The van der Waals surface area contributed by atoms with Gasteiger partial charge in [0.1, 0.15) is 5.69 Å². The third-order valence-corrected chi connectivity index (χ3v) is 4.06. The van der Waals surface area contributed by atoms with E-state index in [9.17, 15) is 4.79 Å². The SMILES string of the molecule is CCC(=O)c1ccc(N2CCCC(C)(C)CC2)cn1. The Kier molecular flexibility index (Phi) is 4.23. The number of ketones is 1. The zero-order valence-electron chi connectivity index (χ0n) is 12.3. The maximum atomic E-state index is 11.6. The third kappa shape index (κ3) is 3.55. The van der Waals surface area contributed by atoms with Crippen LogP contribution in [-0.4, -0.2) is 23.9 Å². The van der Waals surface area contributed by atoms with Gasteiger partial charge in [0.05, 0.1) is 11.9 Å². The number of anilines is 1. The first-order chi connectivity index (χ1) is 9.02. The van der Waals surface area contributed by atoms with Crippen molar-refractivity contribution < 1.29 is 4.79 Å². The molecule has 19 heavy (non-hydrogen) atoms. The van der Waals surface area contributed by atoms with Crippen molar-refractivity contribution in [3.63, 3.8) is 0 Å². The van der Waals surface area contributed by atoms with Crippen molar-refractivity contribution in [3.05, 3.63) is 24.0 Å². The average Bonchev–Trinajstić information content (AvgIpc) is 2.59. The summed E-state index contributed by atoms with van der Waals surface area (Å²) in [5.41, 5.74) is 2.17. The molecular weight excluding hydrogens is 236 g/mol. The van der Waals surface area contributed by atoms with Crippen molar-refractivity contribution >= 4 is 11.5 Å². The minimum absolute atomic E-state index is 0.114. The Bertz CT molecular complexity index is 437. The largest absolute Gasteiger partial charge is 0.370 e. The van der Waals surface area contributed by atoms with E-state index in [1.807, 2.05) is 25.3 Å². The Morgan fingerprint density at radius 3 is 2.74 bits per heavy atom. The highest BCUT2D eigenvalue weighted by Crippen LogP contribution is 2.31. The quantitative estimate of drug-likeness (QED) is 0.777. The first-order valence-electron chi connectivity index (χ1n) is 7.26. The summed E-state index contributed by atoms with van der Waals surface area (Å²) in [4.78, 5) is 18.3. The second-order valence-corrected chi connectivity index (χ2v) is 6.18. The molecule has 2 heterocycles. The molecule has 0 bridgehead atoms. The van der Waals surface area contributed by atoms with Crippen molar-refractivity contribution in [2.24, 2.45) is 5.41 Å². The van der Waals surface area contributed by atoms with Crippen LogP contribution in [0.15, 0.2) is 18.3 Å². The number of hydrogen-bond acceptors (Lipinski definition) is 3. The second-order valence-electron chi connectivity index (χ2n) is 6.18. The van der Waals surface area contributed by atoms with Crippen LogP contribution in [-0.2, 0) is 0 Å². The van der Waals surface area contributed by atoms with Crippen LogP contribution in [0.3, 0.4) is 0 Å². The van der Waals surface area contributed by atoms with Gasteiger partial charge in [-0.3, -0.25) is 9.78 Å². The summed E-state index contributed by atoms with van der Waals surface area (Å²) in [7, 11) is 0. The molecular formula is C16H24N2O. The van der Waals surface area contributed by atoms with Crippen LogP contribution >= 0.6 is 0 Å². The van der Waals surface area contributed by atoms with Crippen molar-refractivity contribution in [1.82, 2.24) is 4.98 Å². The number of nitrogens with zero attached hydrogens (tertiary/aromatic N) is 2. The van der Waals surface area contributed by atoms with E-state index in [0.717, 1.165) is 18.8 Å². The van der Waals surface area contributed by atoms with Crippen molar-refractivity contribution in [3.8, 4) is 0 Å². The van der Waals surface area contributed by atoms with E-state index in [-0.39, 0.29) is 5.78 Å². The molecule has 1 saturated heterocycles. The van der Waals surface area contributed by atoms with E-state index in [0.29, 0.717) is 17.5 Å². The summed E-state index contributed by atoms with van der Waals surface area (Å²) in [6, 6.07) is 3.89. The maximum Gasteiger partial charge on any atom is 0.180 e. The molecule has 0 radical (unpaired) electrons. The molecule has 0 saturated carbocycles. The van der Waals surface area contributed by atoms with Crippen LogP contribution in [0.25, 0.3) is 0 Å². The Balaban J connectivity index is 2.08. The van der Waals surface area contributed by atoms with Gasteiger partial charge >= 0.3 is 0 Å². The first-order valence-corrected chi connectivity index (χ1v) is 7.26. The lowest BCUT2D eigenvalue weighted by Gasteiger charge is -2.24. The van der Waals surface area contributed by atoms with Crippen molar-refractivity contribution in [2.45, 2.75) is 46.5 Å². The number of pyridine rings is 1. The highest BCUT2D eigenvalue weighted by Gasteiger charge is 2.23. The lowest BCUT2D eigenvalue weighted by atomic mass is 9.85. The van der Waals surface area contributed by atoms with Crippen LogP contribution in [0.4, 0.5) is 5.69 Å². The van der Waals surface area contributed by atoms with Crippen LogP contribution < -0.4 is 4.90 Å². The Labute approximate surface area is 116 Å². The van der Waals surface area contributed by atoms with E-state index in [4.69, 9.17) is 0 Å². The van der Waals surface area contributed by atoms with Crippen LogP contribution in [0.5, 0.6) is 0 Å². The highest BCUT2D eigenvalue weighted by molar-refractivity contribution is 5.94. The van der Waals surface area contributed by atoms with Gasteiger partial charge in [-0.1, -0.05) is 20.8 Å². The highest BCUT2D eigenvalue weighted by atomic mass is 16.1. The van der Waals surface area contributed by atoms with Gasteiger partial charge in [-0.2, -0.15) is 0 Å². The molecule has 3 heteroatoms. The number of hydrogen-bond donors (Lipinski definition) is 0. The number of rotatable bonds is 3. The number of aromatic nitrogens is 1. The van der Waals surface area contributed by atoms with E-state index in [1.54, 1.807) is 0 Å². The fraction of sp³-hybridized carbons (Fsp3) is 0.625. The Morgan fingerprint density at radius 2 is 2.11 bits per heavy atom. The molecule has 1 fully saturated rings. The summed E-state index contributed by atoms with van der Waals surface area (Å²) in [6.07, 6.45) is 6.08. The van der Waals surface area contributed by atoms with E-state index >= 15 is 0 Å². The maximum absolute atomic E-state index is 11.6. The lowest BCUT2D eigenvalue weighted by molar-refractivity contribution is 0.0983. The molecule has 1 aliphatic heterocycles. The summed E-state index contributed by atoms with van der Waals surface area (Å²) in [5, 5.41) is 0. The number of Topliss-reactive ketones (excluding diaryl/α,β-unsaturated/α-hetero) is 1. The Hall–Kier alpha value is -1.38. The minimum atomic E-state index is 0.114. The van der Waals surface area contributed by atoms with Gasteiger partial charge in [0.15, 0.2) is 5.78 Å². The fourth-order valence-corrected chi connectivity index (χ4v) is 2.60. The second kappa shape index (κ2) is 5.72. The molecule has 0 unspecified atom stereocenters. The van der Waals surface area contributed by atoms with Gasteiger partial charge in [-0.05, 0) is 36.8 Å².